The van der Waals surface area contributed by atoms with Gasteiger partial charge in [0.25, 0.3) is 11.8 Å². The number of nitrogens with one attached hydrogen (secondary N) is 2. The number of anilines is 1. The fourth-order valence-corrected chi connectivity index (χ4v) is 3.50. The van der Waals surface area contributed by atoms with E-state index in [9.17, 15) is 27.6 Å². The van der Waals surface area contributed by atoms with Gasteiger partial charge in [0.1, 0.15) is 9.88 Å². The first-order valence-corrected chi connectivity index (χ1v) is 8.93. The van der Waals surface area contributed by atoms with E-state index < -0.39 is 29.5 Å². The van der Waals surface area contributed by atoms with Crippen molar-refractivity contribution in [3.8, 4) is 0 Å². The van der Waals surface area contributed by atoms with Crippen LogP contribution >= 0.6 is 11.3 Å². The Morgan fingerprint density at radius 3 is 2.43 bits per heavy atom. The summed E-state index contributed by atoms with van der Waals surface area (Å²) >= 11 is 0.821. The Morgan fingerprint density at radius 1 is 1.18 bits per heavy atom. The lowest BCUT2D eigenvalue weighted by atomic mass is 10.1. The molecule has 0 bridgehead atoms. The first kappa shape index (κ1) is 21.4. The van der Waals surface area contributed by atoms with Crippen molar-refractivity contribution in [3.05, 3.63) is 51.4 Å². The van der Waals surface area contributed by atoms with Gasteiger partial charge >= 0.3 is 12.1 Å². The Hall–Kier alpha value is -2.88. The first-order valence-electron chi connectivity index (χ1n) is 8.11. The number of alkyl halides is 3. The Bertz CT molecular complexity index is 922. The molecule has 0 atom stereocenters. The van der Waals surface area contributed by atoms with Gasteiger partial charge < -0.3 is 15.4 Å². The molecule has 1 aromatic heterocycles. The van der Waals surface area contributed by atoms with E-state index in [0.717, 1.165) is 23.5 Å². The molecule has 0 aliphatic rings. The van der Waals surface area contributed by atoms with Crippen molar-refractivity contribution in [1.29, 1.82) is 0 Å². The lowest BCUT2D eigenvalue weighted by Crippen LogP contribution is -2.21. The molecule has 0 aliphatic carbocycles. The minimum absolute atomic E-state index is 0.0438. The zero-order chi connectivity index (χ0) is 21.1. The number of carbonyl (C=O) groups excluding carboxylic acids is 3. The van der Waals surface area contributed by atoms with Crippen LogP contribution in [0, 0.1) is 6.92 Å². The molecule has 28 heavy (non-hydrogen) atoms. The van der Waals surface area contributed by atoms with Gasteiger partial charge in [0.2, 0.25) is 0 Å². The average molecular weight is 414 g/mol. The summed E-state index contributed by atoms with van der Waals surface area (Å²) in [6, 6.07) is 3.89. The summed E-state index contributed by atoms with van der Waals surface area (Å²) in [6.45, 7) is 3.27. The molecule has 2 N–H and O–H groups in total. The highest BCUT2D eigenvalue weighted by Crippen LogP contribution is 2.34. The third-order valence-electron chi connectivity index (χ3n) is 3.74. The van der Waals surface area contributed by atoms with Crippen LogP contribution in [0.2, 0.25) is 0 Å². The summed E-state index contributed by atoms with van der Waals surface area (Å²) in [5.41, 5.74) is -0.847. The number of hydrogen-bond donors (Lipinski definition) is 2. The topological polar surface area (TPSA) is 84.5 Å². The van der Waals surface area contributed by atoms with Crippen LogP contribution in [0.4, 0.5) is 18.2 Å². The van der Waals surface area contributed by atoms with Gasteiger partial charge in [-0.15, -0.1) is 11.3 Å². The van der Waals surface area contributed by atoms with Gasteiger partial charge in [0.05, 0.1) is 17.7 Å². The lowest BCUT2D eigenvalue weighted by Gasteiger charge is -2.09. The van der Waals surface area contributed by atoms with Crippen molar-refractivity contribution < 1.29 is 32.3 Å². The predicted octanol–water partition coefficient (Wildman–Crippen LogP) is 3.86. The Morgan fingerprint density at radius 2 is 1.86 bits per heavy atom. The summed E-state index contributed by atoms with van der Waals surface area (Å²) in [5, 5.41) is 4.87. The van der Waals surface area contributed by atoms with Crippen LogP contribution < -0.4 is 10.6 Å². The van der Waals surface area contributed by atoms with Crippen LogP contribution in [0.3, 0.4) is 0 Å². The van der Waals surface area contributed by atoms with Gasteiger partial charge in [0, 0.05) is 12.6 Å². The summed E-state index contributed by atoms with van der Waals surface area (Å²) < 4.78 is 43.5. The second kappa shape index (κ2) is 8.42. The Labute approximate surface area is 162 Å². The molecule has 2 amide bonds. The molecule has 2 aromatic rings. The molecule has 0 unspecified atom stereocenters. The number of halogens is 3. The molecular weight excluding hydrogens is 397 g/mol. The number of hydrogen-bond acceptors (Lipinski definition) is 5. The fourth-order valence-electron chi connectivity index (χ4n) is 2.40. The molecule has 10 heteroatoms. The van der Waals surface area contributed by atoms with E-state index in [-0.39, 0.29) is 27.6 Å². The van der Waals surface area contributed by atoms with Crippen LogP contribution in [-0.2, 0) is 10.9 Å². The van der Waals surface area contributed by atoms with E-state index in [1.165, 1.54) is 20.0 Å². The number of carbonyl (C=O) groups is 3. The Balaban J connectivity index is 2.42. The highest BCUT2D eigenvalue weighted by atomic mass is 32.1. The number of esters is 1. The van der Waals surface area contributed by atoms with Gasteiger partial charge in [0.15, 0.2) is 0 Å². The molecule has 150 valence electrons. The van der Waals surface area contributed by atoms with Crippen molar-refractivity contribution in [2.45, 2.75) is 20.0 Å². The minimum Gasteiger partial charge on any atom is -0.462 e. The number of rotatable bonds is 5. The van der Waals surface area contributed by atoms with Crippen molar-refractivity contribution in [2.75, 3.05) is 19.0 Å². The highest BCUT2D eigenvalue weighted by molar-refractivity contribution is 7.18. The predicted molar refractivity (Wildman–Crippen MR) is 97.8 cm³/mol. The quantitative estimate of drug-likeness (QED) is 0.728. The highest BCUT2D eigenvalue weighted by Gasteiger charge is 2.31. The number of ether oxygens (including phenoxy) is 1. The molecule has 0 spiro atoms. The summed E-state index contributed by atoms with van der Waals surface area (Å²) in [7, 11) is 1.38. The number of thiophene rings is 1. The van der Waals surface area contributed by atoms with Crippen molar-refractivity contribution >= 4 is 34.1 Å². The van der Waals surface area contributed by atoms with Crippen LogP contribution in [0.25, 0.3) is 0 Å². The lowest BCUT2D eigenvalue weighted by molar-refractivity contribution is -0.137. The van der Waals surface area contributed by atoms with Crippen LogP contribution in [0.5, 0.6) is 0 Å². The maximum Gasteiger partial charge on any atom is 0.416 e. The van der Waals surface area contributed by atoms with E-state index in [0.29, 0.717) is 11.6 Å². The maximum absolute atomic E-state index is 12.9. The average Bonchev–Trinajstić information content (AvgIpc) is 2.96. The first-order chi connectivity index (χ1) is 13.1. The van der Waals surface area contributed by atoms with E-state index in [4.69, 9.17) is 4.74 Å². The zero-order valence-corrected chi connectivity index (χ0v) is 16.0. The fraction of sp³-hybridized carbons (Fsp3) is 0.278. The normalized spacial score (nSPS) is 11.1. The van der Waals surface area contributed by atoms with Crippen molar-refractivity contribution in [3.63, 3.8) is 0 Å². The van der Waals surface area contributed by atoms with Gasteiger partial charge in [-0.05, 0) is 37.6 Å². The SMILES string of the molecule is CCOC(=O)c1sc(NC(=O)c2cccc(C(F)(F)F)c2)c(C(=O)NC)c1C. The molecule has 0 saturated heterocycles. The molecule has 0 aliphatic heterocycles. The minimum atomic E-state index is -4.60. The molecule has 2 rings (SSSR count). The van der Waals surface area contributed by atoms with Crippen LogP contribution in [-0.4, -0.2) is 31.4 Å². The molecule has 0 saturated carbocycles. The van der Waals surface area contributed by atoms with Crippen molar-refractivity contribution in [2.24, 2.45) is 0 Å². The molecule has 1 heterocycles. The second-order valence-corrected chi connectivity index (χ2v) is 6.61. The third kappa shape index (κ3) is 4.50. The van der Waals surface area contributed by atoms with Gasteiger partial charge in [-0.1, -0.05) is 6.07 Å². The number of amides is 2. The smallest absolute Gasteiger partial charge is 0.416 e. The van der Waals surface area contributed by atoms with Gasteiger partial charge in [-0.25, -0.2) is 4.79 Å². The van der Waals surface area contributed by atoms with E-state index >= 15 is 0 Å². The van der Waals surface area contributed by atoms with E-state index in [1.807, 2.05) is 0 Å². The van der Waals surface area contributed by atoms with Crippen LogP contribution in [0.1, 0.15) is 48.4 Å². The zero-order valence-electron chi connectivity index (χ0n) is 15.2. The summed E-state index contributed by atoms with van der Waals surface area (Å²) in [4.78, 5) is 36.8. The molecule has 6 nitrogen and oxygen atoms in total. The number of benzene rings is 1. The van der Waals surface area contributed by atoms with Crippen LogP contribution in [0.15, 0.2) is 24.3 Å². The monoisotopic (exact) mass is 414 g/mol. The second-order valence-electron chi connectivity index (χ2n) is 5.59. The van der Waals surface area contributed by atoms with Gasteiger partial charge in [-0.3, -0.25) is 9.59 Å². The standard InChI is InChI=1S/C18H17F3N2O4S/c1-4-27-17(26)13-9(2)12(15(25)22-3)16(28-13)23-14(24)10-6-5-7-11(8-10)18(19,20)21/h5-8H,4H2,1-3H3,(H,22,25)(H,23,24). The van der Waals surface area contributed by atoms with Crippen molar-refractivity contribution in [1.82, 2.24) is 5.32 Å². The van der Waals surface area contributed by atoms with E-state index in [2.05, 4.69) is 10.6 Å². The Kier molecular flexibility index (Phi) is 6.45. The molecule has 0 radical (unpaired) electrons. The molecule has 1 aromatic carbocycles. The van der Waals surface area contributed by atoms with E-state index in [1.54, 1.807) is 6.92 Å². The maximum atomic E-state index is 12.9. The summed E-state index contributed by atoms with van der Waals surface area (Å²) in [6.07, 6.45) is -4.60. The third-order valence-corrected chi connectivity index (χ3v) is 4.93. The molecular formula is C18H17F3N2O4S. The summed E-state index contributed by atoms with van der Waals surface area (Å²) in [5.74, 6) is -2.05. The largest absolute Gasteiger partial charge is 0.462 e. The molecule has 0 fully saturated rings. The van der Waals surface area contributed by atoms with Gasteiger partial charge in [-0.2, -0.15) is 13.2 Å².